The first-order chi connectivity index (χ1) is 7.49. The third-order valence-corrected chi connectivity index (χ3v) is 2.15. The van der Waals surface area contributed by atoms with Crippen LogP contribution in [0.1, 0.15) is 17.2 Å². The molecule has 0 radical (unpaired) electrons. The molecule has 16 heavy (non-hydrogen) atoms. The number of ether oxygens (including phenoxy) is 1. The molecule has 0 fully saturated rings. The Labute approximate surface area is 91.4 Å². The van der Waals surface area contributed by atoms with Crippen LogP contribution in [0.4, 0.5) is 13.2 Å². The number of nitrogens with one attached hydrogen (secondary N) is 1. The van der Waals surface area contributed by atoms with Crippen molar-refractivity contribution in [2.75, 3.05) is 13.7 Å². The Balaban J connectivity index is 2.97. The molecule has 0 aliphatic heterocycles. The van der Waals surface area contributed by atoms with Crippen LogP contribution in [0.3, 0.4) is 0 Å². The number of nitrogens with two attached hydrogens (primary N) is 1. The first-order valence-electron chi connectivity index (χ1n) is 4.61. The van der Waals surface area contributed by atoms with E-state index in [2.05, 4.69) is 5.43 Å². The zero-order valence-corrected chi connectivity index (χ0v) is 8.71. The summed E-state index contributed by atoms with van der Waals surface area (Å²) in [7, 11) is 1.46. The second-order valence-corrected chi connectivity index (χ2v) is 3.30. The van der Waals surface area contributed by atoms with Crippen LogP contribution in [0.2, 0.25) is 0 Å². The molecule has 1 atom stereocenters. The van der Waals surface area contributed by atoms with E-state index < -0.39 is 17.8 Å². The fourth-order valence-electron chi connectivity index (χ4n) is 1.34. The van der Waals surface area contributed by atoms with Gasteiger partial charge >= 0.3 is 6.18 Å². The highest BCUT2D eigenvalue weighted by atomic mass is 19.4. The Kier molecular flexibility index (Phi) is 4.28. The summed E-state index contributed by atoms with van der Waals surface area (Å²) in [4.78, 5) is 0. The molecule has 1 aromatic rings. The zero-order chi connectivity index (χ0) is 12.2. The monoisotopic (exact) mass is 234 g/mol. The lowest BCUT2D eigenvalue weighted by Crippen LogP contribution is -2.31. The molecule has 0 spiro atoms. The molecule has 3 nitrogen and oxygen atoms in total. The van der Waals surface area contributed by atoms with Crippen molar-refractivity contribution in [3.05, 3.63) is 35.4 Å². The Morgan fingerprint density at radius 1 is 1.44 bits per heavy atom. The maximum atomic E-state index is 12.4. The predicted octanol–water partition coefficient (Wildman–Crippen LogP) is 1.86. The van der Waals surface area contributed by atoms with E-state index in [4.69, 9.17) is 10.6 Å². The van der Waals surface area contributed by atoms with Crippen LogP contribution < -0.4 is 11.3 Å². The van der Waals surface area contributed by atoms with E-state index in [1.165, 1.54) is 13.2 Å². The van der Waals surface area contributed by atoms with Gasteiger partial charge in [0.1, 0.15) is 0 Å². The van der Waals surface area contributed by atoms with Crippen LogP contribution in [0, 0.1) is 0 Å². The first-order valence-corrected chi connectivity index (χ1v) is 4.61. The van der Waals surface area contributed by atoms with Gasteiger partial charge in [0.25, 0.3) is 0 Å². The molecule has 1 aromatic carbocycles. The molecule has 0 saturated heterocycles. The third-order valence-electron chi connectivity index (χ3n) is 2.15. The van der Waals surface area contributed by atoms with Crippen LogP contribution in [0.25, 0.3) is 0 Å². The van der Waals surface area contributed by atoms with E-state index in [-0.39, 0.29) is 6.61 Å². The summed E-state index contributed by atoms with van der Waals surface area (Å²) in [5.74, 6) is 5.24. The van der Waals surface area contributed by atoms with Gasteiger partial charge < -0.3 is 4.74 Å². The summed E-state index contributed by atoms with van der Waals surface area (Å²) in [6, 6.07) is 4.54. The van der Waals surface area contributed by atoms with Crippen LogP contribution in [-0.4, -0.2) is 13.7 Å². The van der Waals surface area contributed by atoms with Crippen molar-refractivity contribution < 1.29 is 17.9 Å². The standard InChI is InChI=1S/C10H13F3N2O/c1-16-6-9(15-14)7-3-2-4-8(5-7)10(11,12)13/h2-5,9,15H,6,14H2,1H3. The van der Waals surface area contributed by atoms with Gasteiger partial charge in [-0.3, -0.25) is 11.3 Å². The number of benzene rings is 1. The molecule has 1 unspecified atom stereocenters. The summed E-state index contributed by atoms with van der Waals surface area (Å²) in [6.07, 6.45) is -4.35. The second-order valence-electron chi connectivity index (χ2n) is 3.30. The summed E-state index contributed by atoms with van der Waals surface area (Å²) in [5, 5.41) is 0. The van der Waals surface area contributed by atoms with Gasteiger partial charge in [-0.1, -0.05) is 12.1 Å². The largest absolute Gasteiger partial charge is 0.416 e. The van der Waals surface area contributed by atoms with Crippen molar-refractivity contribution in [2.45, 2.75) is 12.2 Å². The molecule has 0 bridgehead atoms. The lowest BCUT2D eigenvalue weighted by atomic mass is 10.0. The Morgan fingerprint density at radius 3 is 2.62 bits per heavy atom. The predicted molar refractivity (Wildman–Crippen MR) is 53.4 cm³/mol. The van der Waals surface area contributed by atoms with E-state index in [0.29, 0.717) is 5.56 Å². The molecule has 0 aliphatic rings. The van der Waals surface area contributed by atoms with Crippen molar-refractivity contribution in [3.63, 3.8) is 0 Å². The van der Waals surface area contributed by atoms with Crippen molar-refractivity contribution in [1.29, 1.82) is 0 Å². The van der Waals surface area contributed by atoms with Crippen molar-refractivity contribution in [2.24, 2.45) is 5.84 Å². The number of alkyl halides is 3. The highest BCUT2D eigenvalue weighted by Crippen LogP contribution is 2.30. The molecule has 6 heteroatoms. The van der Waals surface area contributed by atoms with Crippen molar-refractivity contribution >= 4 is 0 Å². The third kappa shape index (κ3) is 3.19. The van der Waals surface area contributed by atoms with Crippen LogP contribution >= 0.6 is 0 Å². The number of hydrogen-bond donors (Lipinski definition) is 2. The van der Waals surface area contributed by atoms with E-state index in [1.54, 1.807) is 6.07 Å². The average molecular weight is 234 g/mol. The average Bonchev–Trinajstić information content (AvgIpc) is 2.25. The molecule has 0 heterocycles. The number of rotatable bonds is 4. The zero-order valence-electron chi connectivity index (χ0n) is 8.71. The number of hydrazine groups is 1. The summed E-state index contributed by atoms with van der Waals surface area (Å²) in [5.41, 5.74) is 2.16. The smallest absolute Gasteiger partial charge is 0.383 e. The van der Waals surface area contributed by atoms with Gasteiger partial charge in [-0.2, -0.15) is 13.2 Å². The molecule has 0 amide bonds. The number of hydrogen-bond acceptors (Lipinski definition) is 3. The van der Waals surface area contributed by atoms with E-state index in [0.717, 1.165) is 12.1 Å². The van der Waals surface area contributed by atoms with Gasteiger partial charge in [0.05, 0.1) is 18.2 Å². The lowest BCUT2D eigenvalue weighted by Gasteiger charge is -2.16. The second kappa shape index (κ2) is 5.29. The lowest BCUT2D eigenvalue weighted by molar-refractivity contribution is -0.137. The van der Waals surface area contributed by atoms with E-state index in [9.17, 15) is 13.2 Å². The fraction of sp³-hybridized carbons (Fsp3) is 0.400. The van der Waals surface area contributed by atoms with E-state index >= 15 is 0 Å². The fourth-order valence-corrected chi connectivity index (χ4v) is 1.34. The van der Waals surface area contributed by atoms with Crippen LogP contribution in [0.5, 0.6) is 0 Å². The Bertz CT molecular complexity index is 341. The molecular formula is C10H13F3N2O. The van der Waals surface area contributed by atoms with Gasteiger partial charge in [-0.25, -0.2) is 0 Å². The van der Waals surface area contributed by atoms with Gasteiger partial charge in [-0.15, -0.1) is 0 Å². The minimum absolute atomic E-state index is 0.206. The van der Waals surface area contributed by atoms with Crippen LogP contribution in [0.15, 0.2) is 24.3 Å². The summed E-state index contributed by atoms with van der Waals surface area (Å²) in [6.45, 7) is 0.206. The normalized spacial score (nSPS) is 13.8. The maximum Gasteiger partial charge on any atom is 0.416 e. The number of methoxy groups -OCH3 is 1. The van der Waals surface area contributed by atoms with Crippen LogP contribution in [-0.2, 0) is 10.9 Å². The molecule has 0 aromatic heterocycles. The molecule has 0 saturated carbocycles. The number of halogens is 3. The highest BCUT2D eigenvalue weighted by Gasteiger charge is 2.30. The molecule has 1 rings (SSSR count). The molecule has 90 valence electrons. The summed E-state index contributed by atoms with van der Waals surface area (Å²) < 4.78 is 42.2. The van der Waals surface area contributed by atoms with Crippen molar-refractivity contribution in [1.82, 2.24) is 5.43 Å². The quantitative estimate of drug-likeness (QED) is 0.617. The van der Waals surface area contributed by atoms with Crippen molar-refractivity contribution in [3.8, 4) is 0 Å². The topological polar surface area (TPSA) is 47.3 Å². The first kappa shape index (κ1) is 13.0. The highest BCUT2D eigenvalue weighted by molar-refractivity contribution is 5.28. The molecule has 3 N–H and O–H groups in total. The van der Waals surface area contributed by atoms with Gasteiger partial charge in [0, 0.05) is 7.11 Å². The minimum atomic E-state index is -4.35. The molecular weight excluding hydrogens is 221 g/mol. The van der Waals surface area contributed by atoms with Gasteiger partial charge in [0.2, 0.25) is 0 Å². The Hall–Kier alpha value is -1.11. The Morgan fingerprint density at radius 2 is 2.12 bits per heavy atom. The molecule has 0 aliphatic carbocycles. The van der Waals surface area contributed by atoms with Gasteiger partial charge in [0.15, 0.2) is 0 Å². The maximum absolute atomic E-state index is 12.4. The van der Waals surface area contributed by atoms with E-state index in [1.807, 2.05) is 0 Å². The van der Waals surface area contributed by atoms with Gasteiger partial charge in [-0.05, 0) is 17.7 Å². The minimum Gasteiger partial charge on any atom is -0.383 e. The summed E-state index contributed by atoms with van der Waals surface area (Å²) >= 11 is 0. The SMILES string of the molecule is COCC(NN)c1cccc(C(F)(F)F)c1.